The number of ether oxygens (including phenoxy) is 1. The van der Waals surface area contributed by atoms with Crippen LogP contribution in [-0.4, -0.2) is 34.4 Å². The van der Waals surface area contributed by atoms with Crippen LogP contribution in [0.3, 0.4) is 0 Å². The summed E-state index contributed by atoms with van der Waals surface area (Å²) >= 11 is 5.93. The van der Waals surface area contributed by atoms with Gasteiger partial charge in [-0.2, -0.15) is 5.10 Å². The van der Waals surface area contributed by atoms with Crippen LogP contribution in [0.25, 0.3) is 0 Å². The molecule has 6 heteroatoms. The summed E-state index contributed by atoms with van der Waals surface area (Å²) in [7, 11) is 0. The molecule has 0 aliphatic heterocycles. The van der Waals surface area contributed by atoms with Gasteiger partial charge >= 0.3 is 5.97 Å². The zero-order chi connectivity index (χ0) is 14.6. The molecule has 1 aromatic rings. The van der Waals surface area contributed by atoms with E-state index in [0.29, 0.717) is 18.1 Å². The van der Waals surface area contributed by atoms with Gasteiger partial charge in [0.05, 0.1) is 23.9 Å². The fourth-order valence-corrected chi connectivity index (χ4v) is 3.16. The Morgan fingerprint density at radius 2 is 2.45 bits per heavy atom. The van der Waals surface area contributed by atoms with Crippen molar-refractivity contribution >= 4 is 17.6 Å². The van der Waals surface area contributed by atoms with Gasteiger partial charge in [-0.25, -0.2) is 0 Å². The summed E-state index contributed by atoms with van der Waals surface area (Å²) in [6.45, 7) is 5.00. The molecule has 1 heterocycles. The van der Waals surface area contributed by atoms with E-state index in [2.05, 4.69) is 10.4 Å². The molecule has 2 atom stereocenters. The molecule has 1 aromatic heterocycles. The summed E-state index contributed by atoms with van der Waals surface area (Å²) in [6, 6.07) is 0.180. The second-order valence-corrected chi connectivity index (χ2v) is 5.66. The molecule has 1 saturated carbocycles. The fourth-order valence-electron chi connectivity index (χ4n) is 3.01. The Labute approximate surface area is 124 Å². The Morgan fingerprint density at radius 1 is 1.65 bits per heavy atom. The van der Waals surface area contributed by atoms with Crippen LogP contribution < -0.4 is 5.32 Å². The van der Waals surface area contributed by atoms with Gasteiger partial charge in [0, 0.05) is 6.20 Å². The number of nitrogens with one attached hydrogen (secondary N) is 1. The summed E-state index contributed by atoms with van der Waals surface area (Å²) in [4.78, 5) is 12.4. The van der Waals surface area contributed by atoms with Gasteiger partial charge in [0.1, 0.15) is 5.54 Å². The number of likely N-dealkylation sites (N-methyl/N-ethyl adjacent to an activating group) is 1. The van der Waals surface area contributed by atoms with E-state index < -0.39 is 5.54 Å². The van der Waals surface area contributed by atoms with Crippen molar-refractivity contribution < 1.29 is 9.53 Å². The van der Waals surface area contributed by atoms with Crippen molar-refractivity contribution in [2.45, 2.75) is 51.1 Å². The topological polar surface area (TPSA) is 56.1 Å². The maximum Gasteiger partial charge on any atom is 0.326 e. The van der Waals surface area contributed by atoms with Crippen LogP contribution in [0.2, 0.25) is 5.02 Å². The smallest absolute Gasteiger partial charge is 0.326 e. The predicted octanol–water partition coefficient (Wildman–Crippen LogP) is 2.56. The first-order valence-corrected chi connectivity index (χ1v) is 7.61. The number of rotatable bonds is 5. The minimum absolute atomic E-state index is 0.148. The lowest BCUT2D eigenvalue weighted by atomic mass is 9.79. The molecule has 0 saturated heterocycles. The molecule has 1 fully saturated rings. The Balaban J connectivity index is 2.18. The highest BCUT2D eigenvalue weighted by molar-refractivity contribution is 6.30. The number of carbonyl (C=O) groups is 1. The molecule has 0 spiro atoms. The maximum atomic E-state index is 12.4. The molecule has 2 rings (SSSR count). The molecule has 0 bridgehead atoms. The molecule has 2 unspecified atom stereocenters. The second kappa shape index (κ2) is 6.59. The summed E-state index contributed by atoms with van der Waals surface area (Å²) < 4.78 is 7.14. The van der Waals surface area contributed by atoms with Gasteiger partial charge in [0.25, 0.3) is 0 Å². The van der Waals surface area contributed by atoms with Crippen LogP contribution in [0.4, 0.5) is 0 Å². The van der Waals surface area contributed by atoms with E-state index in [9.17, 15) is 4.79 Å². The number of carbonyl (C=O) groups excluding carboxylic acids is 1. The Hall–Kier alpha value is -1.07. The third-order valence-corrected chi connectivity index (χ3v) is 4.05. The van der Waals surface area contributed by atoms with E-state index in [1.165, 1.54) is 0 Å². The Bertz CT molecular complexity index is 459. The summed E-state index contributed by atoms with van der Waals surface area (Å²) in [5, 5.41) is 8.24. The standard InChI is InChI=1S/C14H22ClN3O2/c1-3-16-14(13(19)20-4-2)7-5-6-12(8-14)18-10-11(15)9-17-18/h9-10,12,16H,3-8H2,1-2H3. The van der Waals surface area contributed by atoms with Crippen LogP contribution in [-0.2, 0) is 9.53 Å². The van der Waals surface area contributed by atoms with Gasteiger partial charge in [-0.3, -0.25) is 9.48 Å². The molecule has 112 valence electrons. The molecule has 1 aliphatic carbocycles. The average Bonchev–Trinajstić information content (AvgIpc) is 2.86. The number of hydrogen-bond acceptors (Lipinski definition) is 4. The third-order valence-electron chi connectivity index (χ3n) is 3.85. The SMILES string of the molecule is CCNC1(C(=O)OCC)CCCC(n2cc(Cl)cn2)C1. The van der Waals surface area contributed by atoms with Gasteiger partial charge in [-0.1, -0.05) is 18.5 Å². The van der Waals surface area contributed by atoms with E-state index in [1.54, 1.807) is 6.20 Å². The van der Waals surface area contributed by atoms with E-state index in [-0.39, 0.29) is 12.0 Å². The number of halogens is 1. The number of aromatic nitrogens is 2. The van der Waals surface area contributed by atoms with Gasteiger partial charge in [-0.15, -0.1) is 0 Å². The molecule has 0 aromatic carbocycles. The van der Waals surface area contributed by atoms with Crippen molar-refractivity contribution in [3.8, 4) is 0 Å². The molecule has 1 aliphatic rings. The lowest BCUT2D eigenvalue weighted by Gasteiger charge is -2.39. The van der Waals surface area contributed by atoms with Crippen LogP contribution in [0, 0.1) is 0 Å². The van der Waals surface area contributed by atoms with Gasteiger partial charge in [0.2, 0.25) is 0 Å². The minimum atomic E-state index is -0.591. The second-order valence-electron chi connectivity index (χ2n) is 5.22. The fraction of sp³-hybridized carbons (Fsp3) is 0.714. The Kier molecular flexibility index (Phi) is 5.05. The van der Waals surface area contributed by atoms with Crippen molar-refractivity contribution in [1.82, 2.24) is 15.1 Å². The van der Waals surface area contributed by atoms with Crippen molar-refractivity contribution in [3.05, 3.63) is 17.4 Å². The molecular formula is C14H22ClN3O2. The minimum Gasteiger partial charge on any atom is -0.465 e. The maximum absolute atomic E-state index is 12.4. The molecule has 1 N–H and O–H groups in total. The zero-order valence-electron chi connectivity index (χ0n) is 12.1. The van der Waals surface area contributed by atoms with Crippen molar-refractivity contribution in [1.29, 1.82) is 0 Å². The summed E-state index contributed by atoms with van der Waals surface area (Å²) in [5.74, 6) is -0.148. The number of esters is 1. The van der Waals surface area contributed by atoms with Gasteiger partial charge in [0.15, 0.2) is 0 Å². The third kappa shape index (κ3) is 3.15. The van der Waals surface area contributed by atoms with E-state index >= 15 is 0 Å². The van der Waals surface area contributed by atoms with E-state index in [1.807, 2.05) is 24.7 Å². The monoisotopic (exact) mass is 299 g/mol. The lowest BCUT2D eigenvalue weighted by molar-refractivity contribution is -0.153. The first kappa shape index (κ1) is 15.3. The molecule has 5 nitrogen and oxygen atoms in total. The van der Waals surface area contributed by atoms with Gasteiger partial charge in [-0.05, 0) is 39.2 Å². The zero-order valence-corrected chi connectivity index (χ0v) is 12.8. The predicted molar refractivity (Wildman–Crippen MR) is 77.8 cm³/mol. The average molecular weight is 300 g/mol. The van der Waals surface area contributed by atoms with Crippen LogP contribution >= 0.6 is 11.6 Å². The first-order valence-electron chi connectivity index (χ1n) is 7.23. The quantitative estimate of drug-likeness (QED) is 0.849. The lowest BCUT2D eigenvalue weighted by Crippen LogP contribution is -2.55. The molecule has 20 heavy (non-hydrogen) atoms. The molecular weight excluding hydrogens is 278 g/mol. The first-order chi connectivity index (χ1) is 9.61. The van der Waals surface area contributed by atoms with E-state index in [0.717, 1.165) is 25.8 Å². The van der Waals surface area contributed by atoms with Crippen molar-refractivity contribution in [2.75, 3.05) is 13.2 Å². The number of nitrogens with zero attached hydrogens (tertiary/aromatic N) is 2. The highest BCUT2D eigenvalue weighted by Crippen LogP contribution is 2.36. The largest absolute Gasteiger partial charge is 0.465 e. The van der Waals surface area contributed by atoms with Crippen molar-refractivity contribution in [2.24, 2.45) is 0 Å². The Morgan fingerprint density at radius 3 is 3.05 bits per heavy atom. The molecule has 0 amide bonds. The van der Waals surface area contributed by atoms with Gasteiger partial charge < -0.3 is 10.1 Å². The highest BCUT2D eigenvalue weighted by atomic mass is 35.5. The van der Waals surface area contributed by atoms with Crippen LogP contribution in [0.1, 0.15) is 45.6 Å². The number of hydrogen-bond donors (Lipinski definition) is 1. The summed E-state index contributed by atoms with van der Waals surface area (Å²) in [5.41, 5.74) is -0.591. The van der Waals surface area contributed by atoms with Crippen molar-refractivity contribution in [3.63, 3.8) is 0 Å². The van der Waals surface area contributed by atoms with Crippen LogP contribution in [0.5, 0.6) is 0 Å². The summed E-state index contributed by atoms with van der Waals surface area (Å²) in [6.07, 6.45) is 6.93. The van der Waals surface area contributed by atoms with E-state index in [4.69, 9.17) is 16.3 Å². The molecule has 0 radical (unpaired) electrons. The highest BCUT2D eigenvalue weighted by Gasteiger charge is 2.44. The van der Waals surface area contributed by atoms with Crippen LogP contribution in [0.15, 0.2) is 12.4 Å². The normalized spacial score (nSPS) is 26.4.